The van der Waals surface area contributed by atoms with Crippen molar-refractivity contribution < 1.29 is 57.5 Å². The van der Waals surface area contributed by atoms with E-state index in [0.29, 0.717) is 0 Å². The van der Waals surface area contributed by atoms with Crippen LogP contribution in [0.1, 0.15) is 0 Å². The monoisotopic (exact) mass is 252 g/mol. The number of nitrogens with two attached hydrogens (primary N) is 2. The van der Waals surface area contributed by atoms with Gasteiger partial charge in [0.05, 0.1) is 24.0 Å². The Balaban J connectivity index is -0.000000845. The van der Waals surface area contributed by atoms with Gasteiger partial charge in [-0.25, -0.2) is 0 Å². The summed E-state index contributed by atoms with van der Waals surface area (Å²) < 4.78 is 0. The van der Waals surface area contributed by atoms with Crippen LogP contribution in [-0.4, -0.2) is 35.5 Å². The fourth-order valence-electron chi connectivity index (χ4n) is 0.379. The second-order valence-corrected chi connectivity index (χ2v) is 4.97. The van der Waals surface area contributed by atoms with E-state index in [1.165, 1.54) is 0 Å². The van der Waals surface area contributed by atoms with E-state index in [-0.39, 0.29) is 49.2 Å². The Morgan fingerprint density at radius 3 is 1.38 bits per heavy atom. The fraction of sp³-hybridized carbons (Fsp3) is 0.667. The van der Waals surface area contributed by atoms with E-state index in [4.69, 9.17) is 11.5 Å². The van der Waals surface area contributed by atoms with Crippen LogP contribution in [0.4, 0.5) is 0 Å². The molecule has 0 spiro atoms. The first kappa shape index (κ1) is 22.0. The molecule has 0 saturated heterocycles. The molecule has 10 heteroatoms. The van der Waals surface area contributed by atoms with Crippen molar-refractivity contribution in [2.75, 3.05) is 11.5 Å². The number of rotatable bonds is 7. The molecule has 16 heavy (non-hydrogen) atoms. The maximum atomic E-state index is 10.1. The second kappa shape index (κ2) is 12.2. The molecule has 4 N–H and O–H groups in total. The predicted molar refractivity (Wildman–Crippen MR) is 50.9 cm³/mol. The largest absolute Gasteiger partial charge is 1.00 e. The normalized spacial score (nSPS) is 12.9. The van der Waals surface area contributed by atoms with Gasteiger partial charge < -0.3 is 31.3 Å². The van der Waals surface area contributed by atoms with E-state index in [0.717, 1.165) is 21.6 Å². The minimum atomic E-state index is -1.33. The van der Waals surface area contributed by atoms with Crippen molar-refractivity contribution in [3.63, 3.8) is 0 Å². The smallest absolute Gasteiger partial charge is 0.548 e. The maximum absolute atomic E-state index is 10.1. The zero-order valence-electron chi connectivity index (χ0n) is 9.17. The molecule has 0 fully saturated rings. The first-order chi connectivity index (χ1) is 6.45. The molecule has 0 aromatic rings. The molecule has 0 aliphatic carbocycles. The van der Waals surface area contributed by atoms with Gasteiger partial charge in [0, 0.05) is 11.5 Å². The average Bonchev–Trinajstić information content (AvgIpc) is 2.11. The van der Waals surface area contributed by atoms with Gasteiger partial charge in [0.2, 0.25) is 0 Å². The van der Waals surface area contributed by atoms with Crippen molar-refractivity contribution in [2.45, 2.75) is 12.1 Å². The SMILES string of the molecule is NC(CSSC[C@H](N)C(=O)[O-])C(=O)[O-].[Li+].[Li+]. The van der Waals surface area contributed by atoms with Gasteiger partial charge >= 0.3 is 37.7 Å². The summed E-state index contributed by atoms with van der Waals surface area (Å²) in [7, 11) is 2.27. The van der Waals surface area contributed by atoms with E-state index in [2.05, 4.69) is 0 Å². The molecular formula is C6H10Li2N2O4S2. The summed E-state index contributed by atoms with van der Waals surface area (Å²) in [6, 6.07) is -2.10. The molecule has 0 aliphatic rings. The van der Waals surface area contributed by atoms with Crippen molar-refractivity contribution in [2.24, 2.45) is 11.5 Å². The molecular weight excluding hydrogens is 242 g/mol. The standard InChI is InChI=1S/C6H12N2O4S2.2Li/c7-3(5(9)10)1-13-14-2-4(8)6(11)12;;/h3-4H,1-2,7-8H2,(H,9,10)(H,11,12);;/q;2*+1/p-2/t3-,4?;;/m0../s1. The van der Waals surface area contributed by atoms with Crippen LogP contribution in [0.25, 0.3) is 0 Å². The number of carboxylic acid groups (broad SMARTS) is 2. The third-order valence-corrected chi connectivity index (χ3v) is 3.66. The number of carbonyl (C=O) groups is 2. The van der Waals surface area contributed by atoms with Crippen LogP contribution in [0, 0.1) is 0 Å². The van der Waals surface area contributed by atoms with Crippen LogP contribution in [0.2, 0.25) is 0 Å². The van der Waals surface area contributed by atoms with E-state index in [1.807, 2.05) is 0 Å². The van der Waals surface area contributed by atoms with Crippen LogP contribution in [0.3, 0.4) is 0 Å². The van der Waals surface area contributed by atoms with Crippen molar-refractivity contribution in [1.29, 1.82) is 0 Å². The zero-order valence-corrected chi connectivity index (χ0v) is 10.8. The van der Waals surface area contributed by atoms with Crippen molar-refractivity contribution in [3.8, 4) is 0 Å². The summed E-state index contributed by atoms with van der Waals surface area (Å²) in [6.07, 6.45) is 0. The number of hydrogen-bond donors (Lipinski definition) is 2. The molecule has 6 nitrogen and oxygen atoms in total. The molecule has 0 radical (unpaired) electrons. The fourth-order valence-corrected chi connectivity index (χ4v) is 2.59. The Labute approximate surface area is 125 Å². The Morgan fingerprint density at radius 2 is 1.19 bits per heavy atom. The van der Waals surface area contributed by atoms with E-state index < -0.39 is 24.0 Å². The van der Waals surface area contributed by atoms with Gasteiger partial charge in [0.15, 0.2) is 0 Å². The molecule has 0 aromatic heterocycles. The third-order valence-electron chi connectivity index (χ3n) is 1.18. The summed E-state index contributed by atoms with van der Waals surface area (Å²) in [6.45, 7) is 0. The number of hydrogen-bond acceptors (Lipinski definition) is 8. The minimum absolute atomic E-state index is 0. The first-order valence-corrected chi connectivity index (χ1v) is 6.11. The van der Waals surface area contributed by atoms with Gasteiger partial charge in [-0.3, -0.25) is 0 Å². The molecule has 0 bridgehead atoms. The summed E-state index contributed by atoms with van der Waals surface area (Å²) in [5, 5.41) is 20.3. The van der Waals surface area contributed by atoms with Crippen molar-refractivity contribution >= 4 is 33.5 Å². The second-order valence-electron chi connectivity index (χ2n) is 2.42. The van der Waals surface area contributed by atoms with Crippen molar-refractivity contribution in [3.05, 3.63) is 0 Å². The van der Waals surface area contributed by atoms with Gasteiger partial charge in [-0.15, -0.1) is 0 Å². The Morgan fingerprint density at radius 1 is 0.938 bits per heavy atom. The van der Waals surface area contributed by atoms with Crippen LogP contribution in [0.15, 0.2) is 0 Å². The molecule has 0 aromatic carbocycles. The number of aliphatic carboxylic acids is 2. The van der Waals surface area contributed by atoms with Crippen LogP contribution in [-0.2, 0) is 9.59 Å². The topological polar surface area (TPSA) is 132 Å². The summed E-state index contributed by atoms with van der Waals surface area (Å²) in [5.41, 5.74) is 10.3. The Hall–Kier alpha value is 0.755. The molecule has 2 atom stereocenters. The van der Waals surface area contributed by atoms with Gasteiger partial charge in [0.1, 0.15) is 0 Å². The van der Waals surface area contributed by atoms with Crippen LogP contribution in [0.5, 0.6) is 0 Å². The zero-order chi connectivity index (χ0) is 11.1. The molecule has 0 amide bonds. The Bertz CT molecular complexity index is 201. The third kappa shape index (κ3) is 11.2. The van der Waals surface area contributed by atoms with Gasteiger partial charge in [0.25, 0.3) is 0 Å². The molecule has 82 valence electrons. The summed E-state index contributed by atoms with van der Waals surface area (Å²) in [4.78, 5) is 20.3. The average molecular weight is 252 g/mol. The summed E-state index contributed by atoms with van der Waals surface area (Å²) >= 11 is 0. The van der Waals surface area contributed by atoms with Gasteiger partial charge in [-0.05, 0) is 0 Å². The minimum Gasteiger partial charge on any atom is -0.548 e. The molecule has 0 aliphatic heterocycles. The van der Waals surface area contributed by atoms with Crippen LogP contribution < -0.4 is 59.4 Å². The maximum Gasteiger partial charge on any atom is 1.00 e. The number of carboxylic acids is 2. The molecule has 0 heterocycles. The molecule has 1 unspecified atom stereocenters. The van der Waals surface area contributed by atoms with E-state index in [1.54, 1.807) is 0 Å². The van der Waals surface area contributed by atoms with Gasteiger partial charge in [-0.1, -0.05) is 21.6 Å². The first-order valence-electron chi connectivity index (χ1n) is 3.62. The van der Waals surface area contributed by atoms with Crippen molar-refractivity contribution in [1.82, 2.24) is 0 Å². The summed E-state index contributed by atoms with van der Waals surface area (Å²) in [5.74, 6) is -2.37. The van der Waals surface area contributed by atoms with E-state index in [9.17, 15) is 19.8 Å². The van der Waals surface area contributed by atoms with Crippen LogP contribution >= 0.6 is 21.6 Å². The predicted octanol–water partition coefficient (Wildman–Crippen LogP) is -9.47. The quantitative estimate of drug-likeness (QED) is 0.259. The van der Waals surface area contributed by atoms with Gasteiger partial charge in [-0.2, -0.15) is 0 Å². The van der Waals surface area contributed by atoms with E-state index >= 15 is 0 Å². The number of carbonyl (C=O) groups excluding carboxylic acids is 2. The molecule has 0 saturated carbocycles. The molecule has 0 rings (SSSR count). The Kier molecular flexibility index (Phi) is 16.8.